The van der Waals surface area contributed by atoms with Gasteiger partial charge in [-0.25, -0.2) is 0 Å². The normalized spacial score (nSPS) is 11.9. The maximum absolute atomic E-state index is 6.20. The predicted octanol–water partition coefficient (Wildman–Crippen LogP) is 3.73. The first kappa shape index (κ1) is 18.4. The van der Waals surface area contributed by atoms with Gasteiger partial charge >= 0.3 is 8.80 Å². The van der Waals surface area contributed by atoms with Gasteiger partial charge in [-0.3, -0.25) is 0 Å². The molecule has 1 aromatic carbocycles. The first-order valence-corrected chi connectivity index (χ1v) is 9.82. The Balaban J connectivity index is 3.19. The summed E-state index contributed by atoms with van der Waals surface area (Å²) in [7, 11) is -2.81. The molecule has 1 aromatic rings. The van der Waals surface area contributed by atoms with Crippen molar-refractivity contribution in [2.45, 2.75) is 53.9 Å². The van der Waals surface area contributed by atoms with Crippen molar-refractivity contribution < 1.29 is 13.3 Å². The first-order valence-electron chi connectivity index (χ1n) is 8.09. The van der Waals surface area contributed by atoms with Crippen LogP contribution in [0.2, 0.25) is 0 Å². The molecule has 0 spiro atoms. The molecule has 0 N–H and O–H groups in total. The van der Waals surface area contributed by atoms with Gasteiger partial charge in [0.1, 0.15) is 0 Å². The minimum absolute atomic E-state index is 0.674. The highest BCUT2D eigenvalue weighted by atomic mass is 28.4. The van der Waals surface area contributed by atoms with Crippen LogP contribution in [0.3, 0.4) is 0 Å². The van der Waals surface area contributed by atoms with Gasteiger partial charge in [0, 0.05) is 25.0 Å². The third kappa shape index (κ3) is 4.92. The van der Waals surface area contributed by atoms with Crippen molar-refractivity contribution >= 4 is 14.0 Å². The second-order valence-electron chi connectivity index (χ2n) is 5.35. The molecule has 4 heteroatoms. The zero-order valence-corrected chi connectivity index (χ0v) is 15.2. The Kier molecular flexibility index (Phi) is 8.18. The van der Waals surface area contributed by atoms with E-state index in [1.165, 1.54) is 11.1 Å². The smallest absolute Gasteiger partial charge is 0.370 e. The second-order valence-corrected chi connectivity index (χ2v) is 7.87. The van der Waals surface area contributed by atoms with Gasteiger partial charge in [0.15, 0.2) is 0 Å². The topological polar surface area (TPSA) is 27.7 Å². The van der Waals surface area contributed by atoms with E-state index in [4.69, 9.17) is 13.3 Å². The lowest BCUT2D eigenvalue weighted by Crippen LogP contribution is -2.58. The van der Waals surface area contributed by atoms with Gasteiger partial charge in [0.05, 0.1) is 0 Å². The molecule has 0 radical (unpaired) electrons. The molecule has 0 heterocycles. The minimum atomic E-state index is -2.81. The van der Waals surface area contributed by atoms with Crippen molar-refractivity contribution in [3.8, 4) is 0 Å². The molecule has 0 aliphatic heterocycles. The third-order valence-corrected chi connectivity index (χ3v) is 6.38. The molecule has 0 bridgehead atoms. The molecule has 0 saturated heterocycles. The van der Waals surface area contributed by atoms with Crippen LogP contribution in [0, 0.1) is 13.8 Å². The summed E-state index contributed by atoms with van der Waals surface area (Å²) in [5.41, 5.74) is 2.48. The summed E-state index contributed by atoms with van der Waals surface area (Å²) in [6.07, 6.45) is 2.89. The first-order chi connectivity index (χ1) is 10.1. The van der Waals surface area contributed by atoms with Crippen molar-refractivity contribution in [1.29, 1.82) is 0 Å². The van der Waals surface area contributed by atoms with Crippen molar-refractivity contribution in [3.63, 3.8) is 0 Å². The fourth-order valence-corrected chi connectivity index (χ4v) is 5.24. The molecule has 0 fully saturated rings. The minimum Gasteiger partial charge on any atom is -0.370 e. The summed E-state index contributed by atoms with van der Waals surface area (Å²) in [6.45, 7) is 12.6. The maximum Gasteiger partial charge on any atom is 0.537 e. The van der Waals surface area contributed by atoms with Gasteiger partial charge in [-0.2, -0.15) is 0 Å². The van der Waals surface area contributed by atoms with Gasteiger partial charge in [-0.1, -0.05) is 39.0 Å². The molecule has 0 aliphatic carbocycles. The molecule has 0 aromatic heterocycles. The summed E-state index contributed by atoms with van der Waals surface area (Å²) < 4.78 is 18.6. The summed E-state index contributed by atoms with van der Waals surface area (Å²) in [4.78, 5) is 0. The van der Waals surface area contributed by atoms with E-state index in [0.29, 0.717) is 19.8 Å². The fourth-order valence-electron chi connectivity index (χ4n) is 2.15. The van der Waals surface area contributed by atoms with E-state index in [1.807, 2.05) is 0 Å². The van der Waals surface area contributed by atoms with Crippen LogP contribution in [0.4, 0.5) is 0 Å². The Labute approximate surface area is 131 Å². The van der Waals surface area contributed by atoms with Crippen LogP contribution >= 0.6 is 0 Å². The van der Waals surface area contributed by atoms with Crippen LogP contribution in [0.1, 0.15) is 51.2 Å². The molecule has 0 atom stereocenters. The van der Waals surface area contributed by atoms with Gasteiger partial charge < -0.3 is 13.3 Å². The summed E-state index contributed by atoms with van der Waals surface area (Å²) in [5.74, 6) is 0. The van der Waals surface area contributed by atoms with Gasteiger partial charge in [0.25, 0.3) is 0 Å². The quantitative estimate of drug-likeness (QED) is 0.616. The molecule has 120 valence electrons. The van der Waals surface area contributed by atoms with E-state index in [1.54, 1.807) is 0 Å². The lowest BCUT2D eigenvalue weighted by Gasteiger charge is -2.31. The second kappa shape index (κ2) is 9.36. The van der Waals surface area contributed by atoms with E-state index in [-0.39, 0.29) is 0 Å². The van der Waals surface area contributed by atoms with Crippen LogP contribution in [0.5, 0.6) is 0 Å². The van der Waals surface area contributed by atoms with Gasteiger partial charge in [-0.05, 0) is 44.2 Å². The van der Waals surface area contributed by atoms with E-state index >= 15 is 0 Å². The highest BCUT2D eigenvalue weighted by molar-refractivity contribution is 6.75. The fraction of sp³-hybridized carbons (Fsp3) is 0.647. The lowest BCUT2D eigenvalue weighted by atomic mass is 10.1. The van der Waals surface area contributed by atoms with Crippen LogP contribution in [0.25, 0.3) is 0 Å². The summed E-state index contributed by atoms with van der Waals surface area (Å²) in [5, 5.41) is 1.12. The lowest BCUT2D eigenvalue weighted by molar-refractivity contribution is 0.0730. The molecule has 0 amide bonds. The molecular formula is C17H30O3Si. The molecule has 0 unspecified atom stereocenters. The van der Waals surface area contributed by atoms with Crippen molar-refractivity contribution in [3.05, 3.63) is 29.3 Å². The molecule has 0 saturated carbocycles. The van der Waals surface area contributed by atoms with E-state index < -0.39 is 8.80 Å². The van der Waals surface area contributed by atoms with Crippen molar-refractivity contribution in [1.82, 2.24) is 0 Å². The van der Waals surface area contributed by atoms with Gasteiger partial charge in [0.2, 0.25) is 0 Å². The van der Waals surface area contributed by atoms with E-state index in [0.717, 1.165) is 24.4 Å². The van der Waals surface area contributed by atoms with Crippen molar-refractivity contribution in [2.75, 3.05) is 19.8 Å². The van der Waals surface area contributed by atoms with Gasteiger partial charge in [-0.15, -0.1) is 0 Å². The molecule has 3 nitrogen and oxygen atoms in total. The third-order valence-electron chi connectivity index (χ3n) is 3.42. The Morgan fingerprint density at radius 2 is 1.29 bits per heavy atom. The molecule has 21 heavy (non-hydrogen) atoms. The monoisotopic (exact) mass is 310 g/mol. The van der Waals surface area contributed by atoms with Crippen LogP contribution in [0.15, 0.2) is 18.2 Å². The maximum atomic E-state index is 6.20. The summed E-state index contributed by atoms with van der Waals surface area (Å²) >= 11 is 0. The number of hydrogen-bond donors (Lipinski definition) is 0. The standard InChI is InChI=1S/C17H30O3Si/c1-6-12-18-21(19-13-7-2,20-14-8-3)17-11-9-10-15(4)16(17)5/h9-11H,6-8,12-14H2,1-5H3. The molecule has 0 aliphatic rings. The SMILES string of the molecule is CCCO[Si](OCCC)(OCCC)c1cccc(C)c1C. The highest BCUT2D eigenvalue weighted by Crippen LogP contribution is 2.16. The predicted molar refractivity (Wildman–Crippen MR) is 90.0 cm³/mol. The number of hydrogen-bond acceptors (Lipinski definition) is 3. The van der Waals surface area contributed by atoms with Crippen LogP contribution < -0.4 is 5.19 Å². The summed E-state index contributed by atoms with van der Waals surface area (Å²) in [6, 6.07) is 6.30. The average Bonchev–Trinajstić information content (AvgIpc) is 2.50. The van der Waals surface area contributed by atoms with Crippen LogP contribution in [-0.4, -0.2) is 28.6 Å². The Morgan fingerprint density at radius 3 is 1.71 bits per heavy atom. The Bertz CT molecular complexity index is 399. The number of rotatable bonds is 10. The van der Waals surface area contributed by atoms with Crippen LogP contribution in [-0.2, 0) is 13.3 Å². The highest BCUT2D eigenvalue weighted by Gasteiger charge is 2.45. The number of benzene rings is 1. The van der Waals surface area contributed by atoms with Crippen molar-refractivity contribution in [2.24, 2.45) is 0 Å². The largest absolute Gasteiger partial charge is 0.537 e. The Morgan fingerprint density at radius 1 is 0.810 bits per heavy atom. The van der Waals surface area contributed by atoms with E-state index in [2.05, 4.69) is 52.8 Å². The van der Waals surface area contributed by atoms with E-state index in [9.17, 15) is 0 Å². The Hall–Kier alpha value is -0.683. The molecular weight excluding hydrogens is 280 g/mol. The number of aryl methyl sites for hydroxylation is 1. The zero-order valence-electron chi connectivity index (χ0n) is 14.2. The average molecular weight is 311 g/mol. The molecule has 1 rings (SSSR count). The zero-order chi connectivity index (χ0) is 15.7.